The van der Waals surface area contributed by atoms with Gasteiger partial charge in [-0.3, -0.25) is 4.98 Å². The smallest absolute Gasteiger partial charge is 0.0751 e. The van der Waals surface area contributed by atoms with Gasteiger partial charge in [-0.15, -0.1) is 0 Å². The number of aliphatic hydroxyl groups excluding tert-OH is 1. The maximum absolute atomic E-state index is 9.40. The van der Waals surface area contributed by atoms with Crippen LogP contribution in [0.5, 0.6) is 0 Å². The van der Waals surface area contributed by atoms with E-state index in [1.54, 1.807) is 0 Å². The van der Waals surface area contributed by atoms with Gasteiger partial charge in [0.15, 0.2) is 0 Å². The molecule has 1 aromatic heterocycles. The zero-order valence-electron chi connectivity index (χ0n) is 13.3. The molecule has 0 radical (unpaired) electrons. The summed E-state index contributed by atoms with van der Waals surface area (Å²) >= 11 is 0. The molecule has 4 nitrogen and oxygen atoms in total. The molecule has 2 heterocycles. The second-order valence-electron chi connectivity index (χ2n) is 6.26. The highest BCUT2D eigenvalue weighted by Gasteiger charge is 2.35. The molecule has 1 aromatic carbocycles. The number of nitrogens with one attached hydrogen (secondary N) is 1. The summed E-state index contributed by atoms with van der Waals surface area (Å²) in [6, 6.07) is 16.4. The van der Waals surface area contributed by atoms with Crippen LogP contribution in [-0.2, 0) is 4.74 Å². The summed E-state index contributed by atoms with van der Waals surface area (Å²) < 4.78 is 5.59. The van der Waals surface area contributed by atoms with Crippen molar-refractivity contribution in [3.05, 3.63) is 66.0 Å². The number of pyridine rings is 1. The molecule has 2 aromatic rings. The number of benzene rings is 1. The Bertz CT molecular complexity index is 543. The van der Waals surface area contributed by atoms with Crippen molar-refractivity contribution in [2.45, 2.75) is 18.9 Å². The molecule has 1 aliphatic rings. The third-order valence-corrected chi connectivity index (χ3v) is 4.62. The van der Waals surface area contributed by atoms with Crippen molar-refractivity contribution >= 4 is 0 Å². The highest BCUT2D eigenvalue weighted by molar-refractivity contribution is 5.27. The van der Waals surface area contributed by atoms with Crippen molar-refractivity contribution < 1.29 is 9.84 Å². The minimum absolute atomic E-state index is 0.0244. The Morgan fingerprint density at radius 2 is 2.00 bits per heavy atom. The van der Waals surface area contributed by atoms with Gasteiger partial charge in [0.05, 0.1) is 18.3 Å². The normalized spacial score (nSPS) is 22.1. The van der Waals surface area contributed by atoms with Gasteiger partial charge in [-0.25, -0.2) is 0 Å². The lowest BCUT2D eigenvalue weighted by Crippen LogP contribution is -2.38. The predicted molar refractivity (Wildman–Crippen MR) is 90.1 cm³/mol. The topological polar surface area (TPSA) is 54.4 Å². The summed E-state index contributed by atoms with van der Waals surface area (Å²) in [4.78, 5) is 4.53. The number of hydrogen-bond acceptors (Lipinski definition) is 4. The molecule has 4 heteroatoms. The first kappa shape index (κ1) is 16.1. The maximum Gasteiger partial charge on any atom is 0.0751 e. The van der Waals surface area contributed by atoms with Crippen LogP contribution in [0.3, 0.4) is 0 Å². The number of rotatable bonds is 7. The van der Waals surface area contributed by atoms with E-state index in [-0.39, 0.29) is 18.1 Å². The molecule has 2 unspecified atom stereocenters. The number of aromatic nitrogens is 1. The Balaban J connectivity index is 1.79. The van der Waals surface area contributed by atoms with Crippen molar-refractivity contribution in [1.82, 2.24) is 10.3 Å². The van der Waals surface area contributed by atoms with Crippen LogP contribution >= 0.6 is 0 Å². The van der Waals surface area contributed by atoms with Crippen LogP contribution in [-0.4, -0.2) is 36.5 Å². The summed E-state index contributed by atoms with van der Waals surface area (Å²) in [5, 5.41) is 13.1. The second-order valence-corrected chi connectivity index (χ2v) is 6.26. The Labute approximate surface area is 137 Å². The van der Waals surface area contributed by atoms with Crippen molar-refractivity contribution in [2.24, 2.45) is 5.41 Å². The van der Waals surface area contributed by atoms with E-state index >= 15 is 0 Å². The van der Waals surface area contributed by atoms with Gasteiger partial charge >= 0.3 is 0 Å². The van der Waals surface area contributed by atoms with Crippen LogP contribution in [0.25, 0.3) is 0 Å². The van der Waals surface area contributed by atoms with Crippen LogP contribution < -0.4 is 5.32 Å². The molecule has 1 saturated heterocycles. The molecule has 0 spiro atoms. The van der Waals surface area contributed by atoms with Crippen LogP contribution in [0, 0.1) is 5.41 Å². The van der Waals surface area contributed by atoms with Crippen LogP contribution in [0.1, 0.15) is 30.1 Å². The second kappa shape index (κ2) is 7.68. The molecule has 2 N–H and O–H groups in total. The molecule has 1 fully saturated rings. The van der Waals surface area contributed by atoms with Gasteiger partial charge in [-0.05, 0) is 30.5 Å². The summed E-state index contributed by atoms with van der Waals surface area (Å²) in [6.07, 6.45) is 3.59. The van der Waals surface area contributed by atoms with E-state index < -0.39 is 0 Å². The fourth-order valence-corrected chi connectivity index (χ4v) is 3.22. The predicted octanol–water partition coefficient (Wildman–Crippen LogP) is 2.55. The molecule has 0 bridgehead atoms. The van der Waals surface area contributed by atoms with Crippen molar-refractivity contribution in [3.63, 3.8) is 0 Å². The maximum atomic E-state index is 9.40. The highest BCUT2D eigenvalue weighted by Crippen LogP contribution is 2.32. The lowest BCUT2D eigenvalue weighted by Gasteiger charge is -2.30. The molecule has 122 valence electrons. The van der Waals surface area contributed by atoms with E-state index in [0.717, 1.165) is 31.7 Å². The van der Waals surface area contributed by atoms with Gasteiger partial charge in [-0.1, -0.05) is 36.4 Å². The van der Waals surface area contributed by atoms with Crippen molar-refractivity contribution in [2.75, 3.05) is 26.4 Å². The minimum atomic E-state index is 0.0244. The Morgan fingerprint density at radius 3 is 2.65 bits per heavy atom. The summed E-state index contributed by atoms with van der Waals surface area (Å²) in [5.41, 5.74) is 2.23. The van der Waals surface area contributed by atoms with Crippen molar-refractivity contribution in [3.8, 4) is 0 Å². The fraction of sp³-hybridized carbons (Fsp3) is 0.421. The molecule has 0 saturated carbocycles. The molecule has 1 aliphatic heterocycles. The van der Waals surface area contributed by atoms with Gasteiger partial charge in [0.2, 0.25) is 0 Å². The third-order valence-electron chi connectivity index (χ3n) is 4.62. The lowest BCUT2D eigenvalue weighted by atomic mass is 9.83. The summed E-state index contributed by atoms with van der Waals surface area (Å²) in [6.45, 7) is 2.50. The monoisotopic (exact) mass is 312 g/mol. The average molecular weight is 312 g/mol. The molecular formula is C19H24N2O2. The summed E-state index contributed by atoms with van der Waals surface area (Å²) in [5.74, 6) is 0. The largest absolute Gasteiger partial charge is 0.396 e. The van der Waals surface area contributed by atoms with Gasteiger partial charge in [0.1, 0.15) is 0 Å². The standard InChI is InChI=1S/C19H24N2O2/c22-12-9-19(10-13-23-15-19)14-21-18(16-6-2-1-3-7-16)17-8-4-5-11-20-17/h1-8,11,18,21-22H,9-10,12-15H2. The molecule has 0 aliphatic carbocycles. The molecule has 0 amide bonds. The van der Waals surface area contributed by atoms with Crippen LogP contribution in [0.15, 0.2) is 54.7 Å². The molecule has 23 heavy (non-hydrogen) atoms. The summed E-state index contributed by atoms with van der Waals surface area (Å²) in [7, 11) is 0. The van der Waals surface area contributed by atoms with E-state index in [4.69, 9.17) is 4.74 Å². The quantitative estimate of drug-likeness (QED) is 0.825. The Morgan fingerprint density at radius 1 is 1.17 bits per heavy atom. The Kier molecular flexibility index (Phi) is 5.39. The van der Waals surface area contributed by atoms with Crippen LogP contribution in [0.4, 0.5) is 0 Å². The number of aliphatic hydroxyl groups is 1. The first-order chi connectivity index (χ1) is 11.3. The SMILES string of the molecule is OCCC1(CNC(c2ccccc2)c2ccccn2)CCOC1. The number of hydrogen-bond donors (Lipinski definition) is 2. The average Bonchev–Trinajstić information content (AvgIpc) is 3.06. The minimum Gasteiger partial charge on any atom is -0.396 e. The number of ether oxygens (including phenoxy) is 1. The zero-order chi connectivity index (χ0) is 16.0. The van der Waals surface area contributed by atoms with E-state index in [1.165, 1.54) is 5.56 Å². The van der Waals surface area contributed by atoms with E-state index in [9.17, 15) is 5.11 Å². The van der Waals surface area contributed by atoms with Gasteiger partial charge < -0.3 is 15.2 Å². The van der Waals surface area contributed by atoms with E-state index in [2.05, 4.69) is 40.6 Å². The number of nitrogens with zero attached hydrogens (tertiary/aromatic N) is 1. The van der Waals surface area contributed by atoms with Crippen LogP contribution in [0.2, 0.25) is 0 Å². The highest BCUT2D eigenvalue weighted by atomic mass is 16.5. The van der Waals surface area contributed by atoms with E-state index in [0.29, 0.717) is 6.61 Å². The zero-order valence-corrected chi connectivity index (χ0v) is 13.3. The molecule has 3 rings (SSSR count). The van der Waals surface area contributed by atoms with E-state index in [1.807, 2.05) is 24.4 Å². The Hall–Kier alpha value is -1.75. The van der Waals surface area contributed by atoms with Gasteiger partial charge in [0, 0.05) is 31.4 Å². The molecular weight excluding hydrogens is 288 g/mol. The van der Waals surface area contributed by atoms with Gasteiger partial charge in [0.25, 0.3) is 0 Å². The molecule has 2 atom stereocenters. The fourth-order valence-electron chi connectivity index (χ4n) is 3.22. The third kappa shape index (κ3) is 3.96. The lowest BCUT2D eigenvalue weighted by molar-refractivity contribution is 0.123. The van der Waals surface area contributed by atoms with Crippen molar-refractivity contribution in [1.29, 1.82) is 0 Å². The first-order valence-electron chi connectivity index (χ1n) is 8.21. The first-order valence-corrected chi connectivity index (χ1v) is 8.21. The van der Waals surface area contributed by atoms with Gasteiger partial charge in [-0.2, -0.15) is 0 Å².